The summed E-state index contributed by atoms with van der Waals surface area (Å²) in [6.45, 7) is 10.6. The van der Waals surface area contributed by atoms with Crippen molar-refractivity contribution in [2.45, 2.75) is 46.5 Å². The van der Waals surface area contributed by atoms with Crippen LogP contribution in [0, 0.1) is 6.92 Å². The minimum atomic E-state index is -0.0528. The van der Waals surface area contributed by atoms with E-state index in [4.69, 9.17) is 4.74 Å². The summed E-state index contributed by atoms with van der Waals surface area (Å²) in [5, 5.41) is 2.99. The summed E-state index contributed by atoms with van der Waals surface area (Å²) in [5.74, 6) is 0.728. The van der Waals surface area contributed by atoms with Crippen LogP contribution < -0.4 is 15.0 Å². The topological polar surface area (TPSA) is 61.9 Å². The number of amides is 2. The van der Waals surface area contributed by atoms with E-state index in [9.17, 15) is 9.59 Å². The summed E-state index contributed by atoms with van der Waals surface area (Å²) in [6.07, 6.45) is 3.44. The van der Waals surface area contributed by atoms with Gasteiger partial charge in [0.05, 0.1) is 5.69 Å². The zero-order valence-corrected chi connectivity index (χ0v) is 16.9. The van der Waals surface area contributed by atoms with Gasteiger partial charge in [-0.2, -0.15) is 0 Å². The summed E-state index contributed by atoms with van der Waals surface area (Å²) in [4.78, 5) is 28.4. The van der Waals surface area contributed by atoms with Crippen molar-refractivity contribution in [3.63, 3.8) is 0 Å². The zero-order chi connectivity index (χ0) is 19.6. The fourth-order valence-electron chi connectivity index (χ4n) is 3.21. The summed E-state index contributed by atoms with van der Waals surface area (Å²) < 4.78 is 5.49. The first kappa shape index (κ1) is 21.2. The Morgan fingerprint density at radius 2 is 2.07 bits per heavy atom. The molecular weight excluding hydrogens is 342 g/mol. The second-order valence-electron chi connectivity index (χ2n) is 7.05. The van der Waals surface area contributed by atoms with E-state index in [2.05, 4.69) is 24.1 Å². The first-order chi connectivity index (χ1) is 13.0. The van der Waals surface area contributed by atoms with Gasteiger partial charge in [-0.3, -0.25) is 9.59 Å². The third-order valence-electron chi connectivity index (χ3n) is 4.87. The van der Waals surface area contributed by atoms with Crippen molar-refractivity contribution in [3.8, 4) is 5.75 Å². The first-order valence-electron chi connectivity index (χ1n) is 10.1. The highest BCUT2D eigenvalue weighted by molar-refractivity contribution is 5.97. The molecule has 0 radical (unpaired) electrons. The number of aryl methyl sites for hydroxylation is 1. The molecule has 1 N–H and O–H groups in total. The van der Waals surface area contributed by atoms with Crippen molar-refractivity contribution in [1.82, 2.24) is 10.2 Å². The molecule has 2 amide bonds. The number of hydrogen-bond donors (Lipinski definition) is 1. The Balaban J connectivity index is 1.74. The predicted molar refractivity (Wildman–Crippen MR) is 108 cm³/mol. The monoisotopic (exact) mass is 375 g/mol. The number of carbonyl (C=O) groups is 2. The van der Waals surface area contributed by atoms with Gasteiger partial charge in [-0.1, -0.05) is 26.3 Å². The number of anilines is 1. The van der Waals surface area contributed by atoms with Crippen LogP contribution in [0.25, 0.3) is 0 Å². The molecule has 2 rings (SSSR count). The van der Waals surface area contributed by atoms with Gasteiger partial charge in [0, 0.05) is 26.1 Å². The van der Waals surface area contributed by atoms with Gasteiger partial charge in [-0.15, -0.1) is 0 Å². The molecule has 1 aliphatic heterocycles. The maximum atomic E-state index is 12.2. The summed E-state index contributed by atoms with van der Waals surface area (Å²) in [5.41, 5.74) is 1.89. The largest absolute Gasteiger partial charge is 0.482 e. The van der Waals surface area contributed by atoms with Crippen LogP contribution in [-0.4, -0.2) is 56.0 Å². The van der Waals surface area contributed by atoms with E-state index in [1.165, 1.54) is 12.8 Å². The molecule has 0 saturated carbocycles. The number of ether oxygens (including phenoxy) is 1. The van der Waals surface area contributed by atoms with Crippen molar-refractivity contribution >= 4 is 17.5 Å². The van der Waals surface area contributed by atoms with Crippen LogP contribution in [-0.2, 0) is 9.59 Å². The molecule has 1 aliphatic rings. The number of nitrogens with one attached hydrogen (secondary N) is 1. The molecule has 0 aromatic heterocycles. The van der Waals surface area contributed by atoms with Crippen LogP contribution in [0.1, 0.15) is 45.1 Å². The second-order valence-corrected chi connectivity index (χ2v) is 7.05. The molecule has 0 unspecified atom stereocenters. The number of fused-ring (bicyclic) bond motifs is 1. The minimum absolute atomic E-state index is 0.0479. The van der Waals surface area contributed by atoms with Gasteiger partial charge in [-0.25, -0.2) is 0 Å². The van der Waals surface area contributed by atoms with E-state index < -0.39 is 0 Å². The Labute approximate surface area is 162 Å². The van der Waals surface area contributed by atoms with Crippen LogP contribution in [0.15, 0.2) is 18.2 Å². The molecule has 1 heterocycles. The number of unbranched alkanes of at least 4 members (excludes halogenated alkanes) is 1. The van der Waals surface area contributed by atoms with Gasteiger partial charge < -0.3 is 19.9 Å². The number of likely N-dealkylation sites (N-methyl/N-ethyl adjacent to an activating group) is 1. The second kappa shape index (κ2) is 10.9. The summed E-state index contributed by atoms with van der Waals surface area (Å²) >= 11 is 0. The Kier molecular flexibility index (Phi) is 8.58. The van der Waals surface area contributed by atoms with Crippen LogP contribution in [0.4, 0.5) is 5.69 Å². The number of hydrogen-bond acceptors (Lipinski definition) is 4. The normalized spacial score (nSPS) is 13.5. The molecule has 0 saturated heterocycles. The van der Waals surface area contributed by atoms with Gasteiger partial charge in [0.25, 0.3) is 5.91 Å². The van der Waals surface area contributed by atoms with Gasteiger partial charge >= 0.3 is 0 Å². The highest BCUT2D eigenvalue weighted by Crippen LogP contribution is 2.32. The lowest BCUT2D eigenvalue weighted by atomic mass is 10.1. The van der Waals surface area contributed by atoms with E-state index in [0.29, 0.717) is 25.9 Å². The molecule has 150 valence electrons. The Morgan fingerprint density at radius 3 is 2.81 bits per heavy atom. The lowest BCUT2D eigenvalue weighted by Crippen LogP contribution is -2.40. The molecule has 6 nitrogen and oxygen atoms in total. The van der Waals surface area contributed by atoms with E-state index in [1.54, 1.807) is 4.90 Å². The number of rotatable bonds is 11. The Hall–Kier alpha value is -2.08. The molecule has 0 atom stereocenters. The van der Waals surface area contributed by atoms with Crippen molar-refractivity contribution in [3.05, 3.63) is 23.8 Å². The van der Waals surface area contributed by atoms with Gasteiger partial charge in [0.1, 0.15) is 5.75 Å². The first-order valence-corrected chi connectivity index (χ1v) is 10.1. The Bertz CT molecular complexity index is 633. The van der Waals surface area contributed by atoms with Crippen LogP contribution in [0.5, 0.6) is 5.75 Å². The van der Waals surface area contributed by atoms with Crippen molar-refractivity contribution in [1.29, 1.82) is 0 Å². The molecule has 0 bridgehead atoms. The number of nitrogens with zero attached hydrogens (tertiary/aromatic N) is 2. The summed E-state index contributed by atoms with van der Waals surface area (Å²) in [6, 6.07) is 5.83. The van der Waals surface area contributed by atoms with E-state index in [-0.39, 0.29) is 18.4 Å². The standard InChI is InChI=1S/C21H33N3O3/c1-4-6-12-23(5-2)14-11-22-20(25)8-7-13-24-18-15-17(3)9-10-19(18)27-16-21(24)26/h9-10,15H,4-8,11-14,16H2,1-3H3,(H,22,25). The highest BCUT2D eigenvalue weighted by Gasteiger charge is 2.25. The van der Waals surface area contributed by atoms with Crippen molar-refractivity contribution in [2.75, 3.05) is 44.2 Å². The van der Waals surface area contributed by atoms with E-state index in [0.717, 1.165) is 36.6 Å². The van der Waals surface area contributed by atoms with Gasteiger partial charge in [0.15, 0.2) is 6.61 Å². The molecule has 0 spiro atoms. The minimum Gasteiger partial charge on any atom is -0.482 e. The third-order valence-corrected chi connectivity index (χ3v) is 4.87. The third kappa shape index (κ3) is 6.54. The molecule has 0 fully saturated rings. The van der Waals surface area contributed by atoms with Crippen molar-refractivity contribution < 1.29 is 14.3 Å². The molecule has 27 heavy (non-hydrogen) atoms. The molecule has 0 aliphatic carbocycles. The Morgan fingerprint density at radius 1 is 1.26 bits per heavy atom. The average molecular weight is 376 g/mol. The summed E-state index contributed by atoms with van der Waals surface area (Å²) in [7, 11) is 0. The van der Waals surface area contributed by atoms with Crippen molar-refractivity contribution in [2.24, 2.45) is 0 Å². The molecule has 6 heteroatoms. The molecule has 1 aromatic rings. The van der Waals surface area contributed by atoms with E-state index in [1.807, 2.05) is 25.1 Å². The van der Waals surface area contributed by atoms with Crippen LogP contribution in [0.3, 0.4) is 0 Å². The van der Waals surface area contributed by atoms with Gasteiger partial charge in [0.2, 0.25) is 5.91 Å². The number of benzene rings is 1. The highest BCUT2D eigenvalue weighted by atomic mass is 16.5. The fourth-order valence-corrected chi connectivity index (χ4v) is 3.21. The van der Waals surface area contributed by atoms with Crippen LogP contribution >= 0.6 is 0 Å². The van der Waals surface area contributed by atoms with Gasteiger partial charge in [-0.05, 0) is 50.6 Å². The smallest absolute Gasteiger partial charge is 0.265 e. The number of carbonyl (C=O) groups excluding carboxylic acids is 2. The zero-order valence-electron chi connectivity index (χ0n) is 16.9. The van der Waals surface area contributed by atoms with E-state index >= 15 is 0 Å². The maximum absolute atomic E-state index is 12.2. The predicted octanol–water partition coefficient (Wildman–Crippen LogP) is 2.74. The SMILES string of the molecule is CCCCN(CC)CCNC(=O)CCCN1C(=O)COc2ccc(C)cc21. The lowest BCUT2D eigenvalue weighted by Gasteiger charge is -2.29. The average Bonchev–Trinajstić information content (AvgIpc) is 2.66. The maximum Gasteiger partial charge on any atom is 0.265 e. The quantitative estimate of drug-likeness (QED) is 0.646. The molecular formula is C21H33N3O3. The molecule has 1 aromatic carbocycles. The van der Waals surface area contributed by atoms with Crippen LogP contribution in [0.2, 0.25) is 0 Å². The lowest BCUT2D eigenvalue weighted by molar-refractivity contribution is -0.122. The fraction of sp³-hybridized carbons (Fsp3) is 0.619.